The van der Waals surface area contributed by atoms with E-state index in [1.807, 2.05) is 59.3 Å². The molecule has 8 heterocycles. The standard InChI is InChI=1S/C34H44N2O2S2.C34H40N2S2/c1-3-5-7-9-11-27-13-15-33(39-27)31(37)23-25-17-19-35-29(21-25)30-22-26(18-20-36-30)24-32(38)34-16-14-28(40-34)12-10-8-6-4-2;1-3-5-7-9-11-29-17-19-31(37-29)15-13-27-21-23-35-33(25-27)34-26-28(22-24-36-34)14-16-32-20-18-30(38-32)12-10-8-6-4-2/h13-22,31-32,37-38H,3-12,23-24H2,1-2H3;13-26H,3-12H2,1-2H3/b;15-13+,16-14+. The molecule has 0 aliphatic carbocycles. The zero-order valence-corrected chi connectivity index (χ0v) is 50.1. The Kier molecular flexibility index (Phi) is 26.4. The molecule has 0 bridgehead atoms. The monoisotopic (exact) mass is 1120 g/mol. The maximum Gasteiger partial charge on any atom is 0.0922 e. The summed E-state index contributed by atoms with van der Waals surface area (Å²) in [7, 11) is 0. The minimum atomic E-state index is -0.526. The van der Waals surface area contributed by atoms with Gasteiger partial charge in [0.2, 0.25) is 0 Å². The summed E-state index contributed by atoms with van der Waals surface area (Å²) in [6.45, 7) is 9.00. The normalized spacial score (nSPS) is 12.4. The summed E-state index contributed by atoms with van der Waals surface area (Å²) < 4.78 is 0. The molecule has 8 aromatic heterocycles. The van der Waals surface area contributed by atoms with Gasteiger partial charge in [-0.15, -0.1) is 45.3 Å². The zero-order valence-electron chi connectivity index (χ0n) is 46.9. The summed E-state index contributed by atoms with van der Waals surface area (Å²) in [6.07, 6.45) is 41.3. The number of nitrogens with zero attached hydrogens (tertiary/aromatic N) is 4. The third kappa shape index (κ3) is 20.8. The summed E-state index contributed by atoms with van der Waals surface area (Å²) >= 11 is 7.27. The molecule has 0 amide bonds. The van der Waals surface area contributed by atoms with Crippen molar-refractivity contribution >= 4 is 69.7 Å². The highest BCUT2D eigenvalue weighted by molar-refractivity contribution is 7.13. The Morgan fingerprint density at radius 3 is 1.06 bits per heavy atom. The number of hydrogen-bond donors (Lipinski definition) is 2. The maximum atomic E-state index is 10.9. The Bertz CT molecular complexity index is 2810. The van der Waals surface area contributed by atoms with E-state index >= 15 is 0 Å². The third-order valence-corrected chi connectivity index (χ3v) is 18.7. The first kappa shape index (κ1) is 60.4. The van der Waals surface area contributed by atoms with E-state index in [0.717, 1.165) is 67.6 Å². The Morgan fingerprint density at radius 1 is 0.359 bits per heavy atom. The van der Waals surface area contributed by atoms with E-state index in [4.69, 9.17) is 0 Å². The molecule has 0 aliphatic heterocycles. The van der Waals surface area contributed by atoms with Crippen LogP contribution in [0.1, 0.15) is 204 Å². The highest BCUT2D eigenvalue weighted by Crippen LogP contribution is 2.31. The van der Waals surface area contributed by atoms with Crippen molar-refractivity contribution < 1.29 is 10.2 Å². The number of aryl methyl sites for hydroxylation is 4. The van der Waals surface area contributed by atoms with Crippen LogP contribution in [0, 0.1) is 0 Å². The van der Waals surface area contributed by atoms with Gasteiger partial charge in [-0.2, -0.15) is 0 Å². The van der Waals surface area contributed by atoms with Gasteiger partial charge >= 0.3 is 0 Å². The number of thiophene rings is 4. The first-order valence-corrected chi connectivity index (χ1v) is 32.4. The molecule has 0 aliphatic rings. The van der Waals surface area contributed by atoms with Gasteiger partial charge in [-0.25, -0.2) is 0 Å². The number of pyridine rings is 4. The van der Waals surface area contributed by atoms with Crippen LogP contribution in [0.3, 0.4) is 0 Å². The average molecular weight is 1120 g/mol. The van der Waals surface area contributed by atoms with Crippen LogP contribution in [0.2, 0.25) is 0 Å². The van der Waals surface area contributed by atoms with Crippen LogP contribution in [-0.4, -0.2) is 30.1 Å². The molecule has 412 valence electrons. The molecule has 0 fully saturated rings. The first-order chi connectivity index (χ1) is 38.3. The van der Waals surface area contributed by atoms with E-state index in [1.165, 1.54) is 145 Å². The van der Waals surface area contributed by atoms with Gasteiger partial charge in [-0.05, 0) is 183 Å². The van der Waals surface area contributed by atoms with Gasteiger partial charge in [-0.3, -0.25) is 19.9 Å². The quantitative estimate of drug-likeness (QED) is 0.0408. The van der Waals surface area contributed by atoms with Crippen LogP contribution in [0.4, 0.5) is 0 Å². The Hall–Kier alpha value is -5.20. The van der Waals surface area contributed by atoms with Gasteiger partial charge in [0.1, 0.15) is 0 Å². The lowest BCUT2D eigenvalue weighted by Gasteiger charge is -2.11. The second-order valence-corrected chi connectivity index (χ2v) is 25.4. The van der Waals surface area contributed by atoms with E-state index in [2.05, 4.69) is 145 Å². The molecule has 0 saturated carbocycles. The molecule has 8 rings (SSSR count). The van der Waals surface area contributed by atoms with Crippen molar-refractivity contribution in [3.8, 4) is 22.8 Å². The van der Waals surface area contributed by atoms with Crippen molar-refractivity contribution in [1.82, 2.24) is 19.9 Å². The fraction of sp³-hybridized carbons (Fsp3) is 0.412. The molecular weight excluding hydrogens is 1030 g/mol. The third-order valence-electron chi connectivity index (χ3n) is 14.0. The predicted molar refractivity (Wildman–Crippen MR) is 339 cm³/mol. The molecule has 0 radical (unpaired) electrons. The van der Waals surface area contributed by atoms with Gasteiger partial charge in [0.15, 0.2) is 0 Å². The number of hydrogen-bond acceptors (Lipinski definition) is 10. The molecule has 2 atom stereocenters. The van der Waals surface area contributed by atoms with Crippen LogP contribution >= 0.6 is 45.3 Å². The van der Waals surface area contributed by atoms with Crippen LogP contribution < -0.4 is 0 Å². The highest BCUT2D eigenvalue weighted by Gasteiger charge is 2.16. The van der Waals surface area contributed by atoms with Crippen molar-refractivity contribution in [3.05, 3.63) is 183 Å². The van der Waals surface area contributed by atoms with Gasteiger partial charge in [0.05, 0.1) is 35.0 Å². The van der Waals surface area contributed by atoms with E-state index in [1.54, 1.807) is 35.1 Å². The van der Waals surface area contributed by atoms with E-state index < -0.39 is 12.2 Å². The Morgan fingerprint density at radius 2 is 0.692 bits per heavy atom. The fourth-order valence-electron chi connectivity index (χ4n) is 9.43. The average Bonchev–Trinajstić information content (AvgIpc) is 4.32. The summed E-state index contributed by atoms with van der Waals surface area (Å²) in [5.41, 5.74) is 7.72. The molecule has 78 heavy (non-hydrogen) atoms. The summed E-state index contributed by atoms with van der Waals surface area (Å²) in [5.74, 6) is 0. The van der Waals surface area contributed by atoms with Gasteiger partial charge in [-0.1, -0.05) is 117 Å². The van der Waals surface area contributed by atoms with E-state index in [-0.39, 0.29) is 0 Å². The van der Waals surface area contributed by atoms with E-state index in [0.29, 0.717) is 12.8 Å². The Labute approximate surface area is 483 Å². The van der Waals surface area contributed by atoms with Crippen LogP contribution in [0.15, 0.2) is 122 Å². The molecule has 2 N–H and O–H groups in total. The second-order valence-electron chi connectivity index (χ2n) is 20.6. The molecule has 8 aromatic rings. The maximum absolute atomic E-state index is 10.9. The SMILES string of the molecule is CCCCCCc1ccc(/C=C/c2ccnc(-c3cc(/C=C/c4ccc(CCCCCC)s4)ccn3)c2)s1.CCCCCCc1ccc(C(O)Cc2ccnc(-c3cc(CC(O)c4ccc(CCCCCC)s4)ccn3)c2)s1. The number of aliphatic hydroxyl groups excluding tert-OH is 2. The zero-order chi connectivity index (χ0) is 54.6. The summed E-state index contributed by atoms with van der Waals surface area (Å²) in [6, 6.07) is 33.9. The molecule has 0 aromatic carbocycles. The van der Waals surface area contributed by atoms with E-state index in [9.17, 15) is 10.2 Å². The smallest absolute Gasteiger partial charge is 0.0922 e. The summed E-state index contributed by atoms with van der Waals surface area (Å²) in [5, 5.41) is 21.9. The molecule has 6 nitrogen and oxygen atoms in total. The van der Waals surface area contributed by atoms with Gasteiger partial charge in [0, 0.05) is 76.6 Å². The molecule has 0 spiro atoms. The number of aliphatic hydroxyl groups is 2. The highest BCUT2D eigenvalue weighted by atomic mass is 32.1. The molecule has 2 unspecified atom stereocenters. The van der Waals surface area contributed by atoms with Crippen molar-refractivity contribution in [1.29, 1.82) is 0 Å². The lowest BCUT2D eigenvalue weighted by atomic mass is 10.0. The fourth-order valence-corrected chi connectivity index (χ4v) is 13.4. The molecule has 0 saturated heterocycles. The van der Waals surface area contributed by atoms with Crippen molar-refractivity contribution in [2.45, 2.75) is 181 Å². The largest absolute Gasteiger partial charge is 0.387 e. The van der Waals surface area contributed by atoms with Crippen molar-refractivity contribution in [2.24, 2.45) is 0 Å². The van der Waals surface area contributed by atoms with Crippen LogP contribution in [0.5, 0.6) is 0 Å². The van der Waals surface area contributed by atoms with Crippen molar-refractivity contribution in [3.63, 3.8) is 0 Å². The number of aromatic nitrogens is 4. The summed E-state index contributed by atoms with van der Waals surface area (Å²) in [4.78, 5) is 28.7. The lowest BCUT2D eigenvalue weighted by molar-refractivity contribution is 0.182. The first-order valence-electron chi connectivity index (χ1n) is 29.2. The predicted octanol–water partition coefficient (Wildman–Crippen LogP) is 19.9. The topological polar surface area (TPSA) is 92.0 Å². The number of unbranched alkanes of at least 4 members (excludes halogenated alkanes) is 12. The second kappa shape index (κ2) is 34.1. The minimum Gasteiger partial charge on any atom is -0.387 e. The Balaban J connectivity index is 0.000000226. The minimum absolute atomic E-state index is 0.526. The van der Waals surface area contributed by atoms with Gasteiger partial charge < -0.3 is 10.2 Å². The van der Waals surface area contributed by atoms with Gasteiger partial charge in [0.25, 0.3) is 0 Å². The lowest BCUT2D eigenvalue weighted by Crippen LogP contribution is -2.02. The molecule has 10 heteroatoms. The van der Waals surface area contributed by atoms with Crippen LogP contribution in [-0.2, 0) is 38.5 Å². The number of rotatable bonds is 32. The van der Waals surface area contributed by atoms with Crippen LogP contribution in [0.25, 0.3) is 47.1 Å². The van der Waals surface area contributed by atoms with Crippen molar-refractivity contribution in [2.75, 3.05) is 0 Å². The molecular formula is C68H84N4O2S4.